The van der Waals surface area contributed by atoms with E-state index in [9.17, 15) is 9.00 Å². The number of benzene rings is 1. The summed E-state index contributed by atoms with van der Waals surface area (Å²) in [6.07, 6.45) is 0. The van der Waals surface area contributed by atoms with Crippen molar-refractivity contribution in [1.29, 1.82) is 0 Å². The lowest BCUT2D eigenvalue weighted by molar-refractivity contribution is 0.0695. The molecule has 1 N–H and O–H groups in total. The molecule has 2 rings (SSSR count). The summed E-state index contributed by atoms with van der Waals surface area (Å²) in [5.74, 6) is -0.0929. The van der Waals surface area contributed by atoms with E-state index in [1.165, 1.54) is 6.07 Å². The summed E-state index contributed by atoms with van der Waals surface area (Å²) in [6.45, 7) is 3.52. The highest BCUT2D eigenvalue weighted by Gasteiger charge is 2.15. The predicted molar refractivity (Wildman–Crippen MR) is 71.7 cm³/mol. The summed E-state index contributed by atoms with van der Waals surface area (Å²) in [7, 11) is -1.24. The molecular weight excluding hydrogens is 264 g/mol. The number of aryl methyl sites for hydroxylation is 2. The second kappa shape index (κ2) is 5.40. The smallest absolute Gasteiger partial charge is 0.339 e. The highest BCUT2D eigenvalue weighted by molar-refractivity contribution is 7.84. The van der Waals surface area contributed by atoms with Gasteiger partial charge in [-0.1, -0.05) is 12.1 Å². The second-order valence-electron chi connectivity index (χ2n) is 4.29. The van der Waals surface area contributed by atoms with Crippen molar-refractivity contribution in [1.82, 2.24) is 0 Å². The number of hydrogen-bond donors (Lipinski definition) is 1. The monoisotopic (exact) mass is 278 g/mol. The number of carbonyl (C=O) groups is 1. The van der Waals surface area contributed by atoms with Gasteiger partial charge in [-0.3, -0.25) is 4.21 Å². The average Bonchev–Trinajstić information content (AvgIpc) is 2.70. The van der Waals surface area contributed by atoms with Crippen LogP contribution >= 0.6 is 0 Å². The van der Waals surface area contributed by atoms with Gasteiger partial charge in [0.05, 0.1) is 16.6 Å². The maximum absolute atomic E-state index is 12.2. The van der Waals surface area contributed by atoms with Crippen LogP contribution in [-0.4, -0.2) is 15.3 Å². The van der Waals surface area contributed by atoms with Crippen LogP contribution in [0.2, 0.25) is 0 Å². The Labute approximate surface area is 113 Å². The second-order valence-corrected chi connectivity index (χ2v) is 5.75. The fourth-order valence-corrected chi connectivity index (χ4v) is 2.91. The fraction of sp³-hybridized carbons (Fsp3) is 0.214. The average molecular weight is 278 g/mol. The van der Waals surface area contributed by atoms with Gasteiger partial charge in [0.25, 0.3) is 0 Å². The molecule has 0 aliphatic heterocycles. The van der Waals surface area contributed by atoms with Crippen LogP contribution < -0.4 is 0 Å². The van der Waals surface area contributed by atoms with Gasteiger partial charge in [-0.15, -0.1) is 0 Å². The first kappa shape index (κ1) is 13.5. The number of carboxylic acid groups (broad SMARTS) is 1. The van der Waals surface area contributed by atoms with E-state index in [1.807, 2.05) is 25.1 Å². The maximum atomic E-state index is 12.2. The maximum Gasteiger partial charge on any atom is 0.339 e. The van der Waals surface area contributed by atoms with Gasteiger partial charge in [-0.25, -0.2) is 4.79 Å². The molecule has 1 atom stereocenters. The minimum atomic E-state index is -1.24. The fourth-order valence-electron chi connectivity index (χ4n) is 1.80. The Hall–Kier alpha value is -1.88. The molecule has 0 saturated heterocycles. The third-order valence-electron chi connectivity index (χ3n) is 2.72. The molecule has 1 aromatic carbocycles. The van der Waals surface area contributed by atoms with Gasteiger partial charge in [-0.05, 0) is 37.6 Å². The van der Waals surface area contributed by atoms with Crippen LogP contribution in [0.25, 0.3) is 0 Å². The van der Waals surface area contributed by atoms with E-state index in [0.29, 0.717) is 16.4 Å². The van der Waals surface area contributed by atoms with Crippen LogP contribution in [0.1, 0.15) is 27.4 Å². The molecule has 0 aliphatic carbocycles. The molecule has 0 aliphatic rings. The molecule has 4 nitrogen and oxygen atoms in total. The zero-order valence-electron chi connectivity index (χ0n) is 10.7. The van der Waals surface area contributed by atoms with Gasteiger partial charge in [0.15, 0.2) is 0 Å². The number of carboxylic acids is 1. The molecule has 0 amide bonds. The van der Waals surface area contributed by atoms with Crippen molar-refractivity contribution in [3.05, 3.63) is 53.0 Å². The summed E-state index contributed by atoms with van der Waals surface area (Å²) in [4.78, 5) is 11.6. The zero-order valence-corrected chi connectivity index (χ0v) is 11.5. The molecule has 19 heavy (non-hydrogen) atoms. The highest BCUT2D eigenvalue weighted by atomic mass is 32.2. The van der Waals surface area contributed by atoms with Gasteiger partial charge < -0.3 is 9.52 Å². The number of aromatic carboxylic acids is 1. The summed E-state index contributed by atoms with van der Waals surface area (Å²) in [6, 6.07) is 8.85. The molecule has 1 unspecified atom stereocenters. The van der Waals surface area contributed by atoms with Crippen molar-refractivity contribution in [3.63, 3.8) is 0 Å². The Bertz CT molecular complexity index is 643. The van der Waals surface area contributed by atoms with E-state index in [-0.39, 0.29) is 11.3 Å². The molecule has 0 spiro atoms. The molecule has 1 heterocycles. The zero-order chi connectivity index (χ0) is 14.0. The summed E-state index contributed by atoms with van der Waals surface area (Å²) < 4.78 is 17.5. The predicted octanol–water partition coefficient (Wildman–Crippen LogP) is 2.90. The molecule has 0 bridgehead atoms. The lowest BCUT2D eigenvalue weighted by Crippen LogP contribution is -1.96. The lowest BCUT2D eigenvalue weighted by Gasteiger charge is -2.01. The summed E-state index contributed by atoms with van der Waals surface area (Å²) in [5.41, 5.74) is 1.16. The van der Waals surface area contributed by atoms with Gasteiger partial charge in [0, 0.05) is 4.90 Å². The van der Waals surface area contributed by atoms with E-state index in [0.717, 1.165) is 5.56 Å². The Kier molecular flexibility index (Phi) is 3.85. The van der Waals surface area contributed by atoms with E-state index in [1.54, 1.807) is 13.0 Å². The molecule has 2 aromatic rings. The van der Waals surface area contributed by atoms with Gasteiger partial charge in [-0.2, -0.15) is 0 Å². The van der Waals surface area contributed by atoms with Crippen LogP contribution in [0.15, 0.2) is 39.6 Å². The van der Waals surface area contributed by atoms with Crippen LogP contribution in [0.5, 0.6) is 0 Å². The Morgan fingerprint density at radius 3 is 2.63 bits per heavy atom. The molecule has 0 radical (unpaired) electrons. The van der Waals surface area contributed by atoms with Gasteiger partial charge >= 0.3 is 5.97 Å². The Morgan fingerprint density at radius 2 is 2.05 bits per heavy atom. The van der Waals surface area contributed by atoms with Crippen LogP contribution in [0.3, 0.4) is 0 Å². The standard InChI is InChI=1S/C14H14O4S/c1-9-4-3-5-12(6-9)19(17)8-11-7-13(14(15)16)10(2)18-11/h3-7H,8H2,1-2H3,(H,15,16). The highest BCUT2D eigenvalue weighted by Crippen LogP contribution is 2.19. The third-order valence-corrected chi connectivity index (χ3v) is 4.05. The van der Waals surface area contributed by atoms with Crippen LogP contribution in [0, 0.1) is 13.8 Å². The van der Waals surface area contributed by atoms with Crippen LogP contribution in [-0.2, 0) is 16.6 Å². The topological polar surface area (TPSA) is 67.5 Å². The summed E-state index contributed by atoms with van der Waals surface area (Å²) >= 11 is 0. The van der Waals surface area contributed by atoms with Crippen LogP contribution in [0.4, 0.5) is 0 Å². The van der Waals surface area contributed by atoms with Crippen molar-refractivity contribution in [3.8, 4) is 0 Å². The number of rotatable bonds is 4. The Balaban J connectivity index is 2.20. The number of furan rings is 1. The molecule has 0 fully saturated rings. The SMILES string of the molecule is Cc1cccc(S(=O)Cc2cc(C(=O)O)c(C)o2)c1. The van der Waals surface area contributed by atoms with Gasteiger partial charge in [0.1, 0.15) is 17.1 Å². The normalized spacial score (nSPS) is 12.3. The van der Waals surface area contributed by atoms with Crippen molar-refractivity contribution < 1.29 is 18.5 Å². The first-order valence-electron chi connectivity index (χ1n) is 5.75. The molecule has 5 heteroatoms. The lowest BCUT2D eigenvalue weighted by atomic mass is 10.2. The molecule has 0 saturated carbocycles. The first-order chi connectivity index (χ1) is 8.97. The third kappa shape index (κ3) is 3.12. The van der Waals surface area contributed by atoms with Crippen molar-refractivity contribution >= 4 is 16.8 Å². The van der Waals surface area contributed by atoms with E-state index in [4.69, 9.17) is 9.52 Å². The largest absolute Gasteiger partial charge is 0.478 e. The molecule has 1 aromatic heterocycles. The number of hydrogen-bond acceptors (Lipinski definition) is 3. The molecular formula is C14H14O4S. The van der Waals surface area contributed by atoms with Crippen molar-refractivity contribution in [2.24, 2.45) is 0 Å². The first-order valence-corrected chi connectivity index (χ1v) is 7.07. The van der Waals surface area contributed by atoms with E-state index in [2.05, 4.69) is 0 Å². The van der Waals surface area contributed by atoms with E-state index < -0.39 is 16.8 Å². The molecule has 100 valence electrons. The minimum absolute atomic E-state index is 0.122. The van der Waals surface area contributed by atoms with Crippen molar-refractivity contribution in [2.45, 2.75) is 24.5 Å². The van der Waals surface area contributed by atoms with Gasteiger partial charge in [0.2, 0.25) is 0 Å². The summed E-state index contributed by atoms with van der Waals surface area (Å²) in [5, 5.41) is 8.93. The minimum Gasteiger partial charge on any atom is -0.478 e. The quantitative estimate of drug-likeness (QED) is 0.933. The van der Waals surface area contributed by atoms with Crippen molar-refractivity contribution in [2.75, 3.05) is 0 Å². The Morgan fingerprint density at radius 1 is 1.32 bits per heavy atom. The van der Waals surface area contributed by atoms with E-state index >= 15 is 0 Å².